The van der Waals surface area contributed by atoms with Crippen LogP contribution in [0.25, 0.3) is 5.69 Å². The number of fused-ring (bicyclic) bond motifs is 1. The van der Waals surface area contributed by atoms with Gasteiger partial charge in [-0.25, -0.2) is 4.57 Å². The molecule has 4 nitrogen and oxygen atoms in total. The van der Waals surface area contributed by atoms with Crippen LogP contribution >= 0.6 is 0 Å². The van der Waals surface area contributed by atoms with E-state index in [-0.39, 0.29) is 6.04 Å². The lowest BCUT2D eigenvalue weighted by molar-refractivity contribution is -0.742. The van der Waals surface area contributed by atoms with E-state index in [9.17, 15) is 0 Å². The Kier molecular flexibility index (Phi) is 5.58. The lowest BCUT2D eigenvalue weighted by atomic mass is 9.98. The second-order valence-electron chi connectivity index (χ2n) is 7.57. The summed E-state index contributed by atoms with van der Waals surface area (Å²) in [7, 11) is 0. The Hall–Kier alpha value is -2.46. The summed E-state index contributed by atoms with van der Waals surface area (Å²) in [5, 5.41) is 4.94. The Morgan fingerprint density at radius 2 is 1.71 bits per heavy atom. The second kappa shape index (κ2) is 8.27. The van der Waals surface area contributed by atoms with E-state index in [2.05, 4.69) is 78.8 Å². The van der Waals surface area contributed by atoms with E-state index in [1.54, 1.807) is 0 Å². The zero-order valence-electron chi connectivity index (χ0n) is 17.2. The van der Waals surface area contributed by atoms with Crippen molar-refractivity contribution < 1.29 is 9.30 Å². The fraction of sp³-hybridized carbons (Fsp3) is 0.417. The molecule has 4 rings (SSSR count). The monoisotopic (exact) mass is 376 g/mol. The highest BCUT2D eigenvalue weighted by molar-refractivity contribution is 5.50. The minimum atomic E-state index is 0.282. The zero-order chi connectivity index (χ0) is 19.5. The molecule has 0 saturated carbocycles. The number of nitrogens with zero attached hydrogens (tertiary/aromatic N) is 3. The van der Waals surface area contributed by atoms with Gasteiger partial charge >= 0.3 is 5.82 Å². The number of hydrogen-bond acceptors (Lipinski definition) is 2. The number of hydrogen-bond donors (Lipinski definition) is 0. The molecule has 0 saturated heterocycles. The highest BCUT2D eigenvalue weighted by Crippen LogP contribution is 2.24. The van der Waals surface area contributed by atoms with Crippen LogP contribution in [0.4, 0.5) is 0 Å². The topological polar surface area (TPSA) is 30.9 Å². The molecule has 1 aromatic heterocycles. The third kappa shape index (κ3) is 3.61. The second-order valence-corrected chi connectivity index (χ2v) is 7.57. The highest BCUT2D eigenvalue weighted by atomic mass is 16.5. The largest absolute Gasteiger partial charge is 0.367 e. The predicted octanol–water partition coefficient (Wildman–Crippen LogP) is 4.16. The summed E-state index contributed by atoms with van der Waals surface area (Å²) >= 11 is 0. The van der Waals surface area contributed by atoms with Crippen LogP contribution in [-0.4, -0.2) is 16.4 Å². The average molecular weight is 377 g/mol. The van der Waals surface area contributed by atoms with E-state index in [1.165, 1.54) is 27.9 Å². The van der Waals surface area contributed by atoms with Gasteiger partial charge in [-0.05, 0) is 41.5 Å². The van der Waals surface area contributed by atoms with Crippen LogP contribution in [-0.2, 0) is 37.0 Å². The Morgan fingerprint density at radius 3 is 2.36 bits per heavy atom. The number of benzene rings is 2. The first-order valence-electron chi connectivity index (χ1n) is 10.5. The van der Waals surface area contributed by atoms with Gasteiger partial charge in [0, 0.05) is 11.5 Å². The van der Waals surface area contributed by atoms with Crippen molar-refractivity contribution in [2.45, 2.75) is 59.1 Å². The van der Waals surface area contributed by atoms with E-state index >= 15 is 0 Å². The minimum absolute atomic E-state index is 0.282. The van der Waals surface area contributed by atoms with Gasteiger partial charge in [0.1, 0.15) is 18.3 Å². The van der Waals surface area contributed by atoms with Crippen LogP contribution in [0.3, 0.4) is 0 Å². The molecule has 0 aliphatic carbocycles. The number of ether oxygens (including phenoxy) is 1. The van der Waals surface area contributed by atoms with Crippen molar-refractivity contribution in [3.05, 3.63) is 76.9 Å². The Bertz CT molecular complexity index is 921. The quantitative estimate of drug-likeness (QED) is 0.605. The van der Waals surface area contributed by atoms with Crippen molar-refractivity contribution in [1.29, 1.82) is 0 Å². The molecular weight excluding hydrogens is 346 g/mol. The van der Waals surface area contributed by atoms with Gasteiger partial charge in [-0.3, -0.25) is 0 Å². The van der Waals surface area contributed by atoms with Crippen LogP contribution < -0.4 is 4.57 Å². The van der Waals surface area contributed by atoms with Gasteiger partial charge < -0.3 is 4.74 Å². The summed E-state index contributed by atoms with van der Waals surface area (Å²) in [5.74, 6) is 1.01. The van der Waals surface area contributed by atoms with Crippen molar-refractivity contribution >= 4 is 0 Å². The maximum atomic E-state index is 5.88. The van der Waals surface area contributed by atoms with Gasteiger partial charge in [0.2, 0.25) is 6.33 Å². The molecule has 0 unspecified atom stereocenters. The molecule has 28 heavy (non-hydrogen) atoms. The lowest BCUT2D eigenvalue weighted by Gasteiger charge is -2.19. The van der Waals surface area contributed by atoms with E-state index in [0.29, 0.717) is 6.61 Å². The molecule has 0 amide bonds. The molecule has 1 aliphatic heterocycles. The van der Waals surface area contributed by atoms with Gasteiger partial charge in [-0.15, -0.1) is 0 Å². The average Bonchev–Trinajstić information content (AvgIpc) is 3.18. The first kappa shape index (κ1) is 18.9. The lowest BCUT2D eigenvalue weighted by Crippen LogP contribution is -2.48. The summed E-state index contributed by atoms with van der Waals surface area (Å²) in [6.45, 7) is 8.00. The summed E-state index contributed by atoms with van der Waals surface area (Å²) in [4.78, 5) is 0. The van der Waals surface area contributed by atoms with Crippen molar-refractivity contribution in [2.24, 2.45) is 0 Å². The molecule has 0 spiro atoms. The fourth-order valence-corrected chi connectivity index (χ4v) is 4.18. The van der Waals surface area contributed by atoms with Crippen molar-refractivity contribution in [3.63, 3.8) is 0 Å². The number of rotatable bonds is 6. The van der Waals surface area contributed by atoms with E-state index in [0.717, 1.165) is 38.1 Å². The zero-order valence-corrected chi connectivity index (χ0v) is 17.2. The first-order chi connectivity index (χ1) is 13.7. The Balaban J connectivity index is 1.74. The highest BCUT2D eigenvalue weighted by Gasteiger charge is 2.31. The van der Waals surface area contributed by atoms with Crippen molar-refractivity contribution in [1.82, 2.24) is 9.78 Å². The fourth-order valence-electron chi connectivity index (χ4n) is 4.18. The van der Waals surface area contributed by atoms with Gasteiger partial charge in [0.05, 0.1) is 6.61 Å². The molecule has 0 bridgehead atoms. The molecule has 0 radical (unpaired) electrons. The van der Waals surface area contributed by atoms with Crippen molar-refractivity contribution in [3.8, 4) is 5.69 Å². The van der Waals surface area contributed by atoms with Gasteiger partial charge in [-0.1, -0.05) is 67.9 Å². The van der Waals surface area contributed by atoms with Crippen LogP contribution in [0, 0.1) is 0 Å². The normalized spacial score (nSPS) is 16.2. The standard InChI is InChI=1S/C24H30N3O/c1-4-18-12-20(5-2)24(21(6-3)13-18)27-17-26-22(15-28-16-23(26)25-27)14-19-10-8-7-9-11-19/h7-13,17,22H,4-6,14-16H2,1-3H3/q+1/t22-/m0/s1. The molecule has 146 valence electrons. The molecule has 2 aromatic carbocycles. The molecule has 4 heteroatoms. The molecule has 2 heterocycles. The minimum Gasteiger partial charge on any atom is -0.367 e. The Labute approximate surface area is 167 Å². The summed E-state index contributed by atoms with van der Waals surface area (Å²) in [5.41, 5.74) is 6.74. The van der Waals surface area contributed by atoms with Crippen LogP contribution in [0.1, 0.15) is 54.9 Å². The van der Waals surface area contributed by atoms with Gasteiger partial charge in [0.25, 0.3) is 0 Å². The van der Waals surface area contributed by atoms with Crippen LogP contribution in [0.15, 0.2) is 48.8 Å². The molecule has 0 N–H and O–H groups in total. The van der Waals surface area contributed by atoms with Crippen LogP contribution in [0.5, 0.6) is 0 Å². The molecule has 0 fully saturated rings. The van der Waals surface area contributed by atoms with Crippen molar-refractivity contribution in [2.75, 3.05) is 6.61 Å². The smallest absolute Gasteiger partial charge is 0.304 e. The van der Waals surface area contributed by atoms with Crippen LogP contribution in [0.2, 0.25) is 0 Å². The van der Waals surface area contributed by atoms with Gasteiger partial charge in [-0.2, -0.15) is 0 Å². The summed E-state index contributed by atoms with van der Waals surface area (Å²) in [6, 6.07) is 15.6. The van der Waals surface area contributed by atoms with E-state index < -0.39 is 0 Å². The number of aromatic nitrogens is 3. The first-order valence-corrected chi connectivity index (χ1v) is 10.5. The molecule has 1 atom stereocenters. The third-order valence-electron chi connectivity index (χ3n) is 5.73. The maximum Gasteiger partial charge on any atom is 0.304 e. The van der Waals surface area contributed by atoms with E-state index in [1.807, 2.05) is 0 Å². The third-order valence-corrected chi connectivity index (χ3v) is 5.73. The molecule has 1 aliphatic rings. The SMILES string of the molecule is CCc1cc(CC)c(-n2c[n+]3c(n2)COC[C@@H]3Cc2ccccc2)c(CC)c1. The number of aryl methyl sites for hydroxylation is 3. The van der Waals surface area contributed by atoms with E-state index in [4.69, 9.17) is 9.84 Å². The molecule has 3 aromatic rings. The van der Waals surface area contributed by atoms with Gasteiger partial charge in [0.15, 0.2) is 0 Å². The summed E-state index contributed by atoms with van der Waals surface area (Å²) < 4.78 is 10.3. The predicted molar refractivity (Wildman–Crippen MR) is 111 cm³/mol. The Morgan fingerprint density at radius 1 is 1.00 bits per heavy atom. The maximum absolute atomic E-state index is 5.88. The summed E-state index contributed by atoms with van der Waals surface area (Å²) in [6.07, 6.45) is 6.23. The molecular formula is C24H30N3O+.